The SMILES string of the molecule is CNc1ccc(OCCOS(=O)(=O)c2ccc(C)cc2)cc1C(=N)S(=O)(=O)c1cccc2ccccc12. The molecule has 0 amide bonds. The maximum Gasteiger partial charge on any atom is 0.297 e. The van der Waals surface area contributed by atoms with Gasteiger partial charge in [-0.05, 0) is 48.7 Å². The third-order valence-electron chi connectivity index (χ3n) is 5.71. The second kappa shape index (κ2) is 10.7. The Hall–Kier alpha value is -3.73. The van der Waals surface area contributed by atoms with E-state index in [-0.39, 0.29) is 34.3 Å². The van der Waals surface area contributed by atoms with Gasteiger partial charge in [0.25, 0.3) is 10.1 Å². The monoisotopic (exact) mass is 538 g/mol. The lowest BCUT2D eigenvalue weighted by molar-refractivity contribution is 0.221. The lowest BCUT2D eigenvalue weighted by Gasteiger charge is -2.15. The van der Waals surface area contributed by atoms with E-state index in [1.54, 1.807) is 49.5 Å². The van der Waals surface area contributed by atoms with E-state index in [0.717, 1.165) is 10.9 Å². The van der Waals surface area contributed by atoms with Crippen LogP contribution in [0.15, 0.2) is 94.7 Å². The standard InChI is InChI=1S/C27H26N2O6S2/c1-19-10-13-22(14-11-19)37(32,33)35-17-16-34-21-12-15-25(29-2)24(18-21)27(28)36(30,31)26-9-5-7-20-6-3-4-8-23(20)26/h3-15,18,28-29H,16-17H2,1-2H3. The van der Waals surface area contributed by atoms with E-state index in [4.69, 9.17) is 14.3 Å². The van der Waals surface area contributed by atoms with Crippen LogP contribution in [0, 0.1) is 12.3 Å². The summed E-state index contributed by atoms with van der Waals surface area (Å²) >= 11 is 0. The molecule has 4 aromatic carbocycles. The summed E-state index contributed by atoms with van der Waals surface area (Å²) in [7, 11) is -6.47. The van der Waals surface area contributed by atoms with Crippen LogP contribution in [0.4, 0.5) is 5.69 Å². The van der Waals surface area contributed by atoms with Gasteiger partial charge in [0.2, 0.25) is 9.84 Å². The van der Waals surface area contributed by atoms with E-state index < -0.39 is 25.0 Å². The van der Waals surface area contributed by atoms with Crippen LogP contribution in [0.2, 0.25) is 0 Å². The molecule has 0 spiro atoms. The number of hydrogen-bond donors (Lipinski definition) is 2. The first-order chi connectivity index (χ1) is 17.6. The van der Waals surface area contributed by atoms with Crippen LogP contribution in [-0.2, 0) is 24.1 Å². The molecule has 0 bridgehead atoms. The second-order valence-electron chi connectivity index (χ2n) is 8.20. The highest BCUT2D eigenvalue weighted by atomic mass is 32.2. The van der Waals surface area contributed by atoms with E-state index in [0.29, 0.717) is 11.1 Å². The molecule has 2 N–H and O–H groups in total. The predicted octanol–water partition coefficient (Wildman–Crippen LogP) is 4.77. The van der Waals surface area contributed by atoms with Gasteiger partial charge in [-0.2, -0.15) is 8.42 Å². The summed E-state index contributed by atoms with van der Waals surface area (Å²) in [5.74, 6) is 0.267. The molecule has 0 aliphatic carbocycles. The van der Waals surface area contributed by atoms with Crippen molar-refractivity contribution >= 4 is 41.5 Å². The van der Waals surface area contributed by atoms with Crippen LogP contribution in [0.3, 0.4) is 0 Å². The van der Waals surface area contributed by atoms with Gasteiger partial charge in [0, 0.05) is 23.7 Å². The fourth-order valence-corrected chi connectivity index (χ4v) is 6.08. The Morgan fingerprint density at radius 2 is 1.57 bits per heavy atom. The average molecular weight is 539 g/mol. The first-order valence-electron chi connectivity index (χ1n) is 11.4. The Bertz CT molecular complexity index is 1660. The number of benzene rings is 4. The third-order valence-corrected chi connectivity index (χ3v) is 8.73. The maximum absolute atomic E-state index is 13.5. The average Bonchev–Trinajstić information content (AvgIpc) is 2.90. The third kappa shape index (κ3) is 5.66. The van der Waals surface area contributed by atoms with E-state index in [9.17, 15) is 16.8 Å². The van der Waals surface area contributed by atoms with Gasteiger partial charge in [0.05, 0.1) is 9.79 Å². The molecule has 0 aliphatic rings. The van der Waals surface area contributed by atoms with Gasteiger partial charge in [-0.15, -0.1) is 0 Å². The van der Waals surface area contributed by atoms with Crippen molar-refractivity contribution in [2.45, 2.75) is 16.7 Å². The van der Waals surface area contributed by atoms with Crippen molar-refractivity contribution in [3.63, 3.8) is 0 Å². The molecular formula is C27H26N2O6S2. The summed E-state index contributed by atoms with van der Waals surface area (Å²) in [5, 5.41) is 12.2. The number of hydrogen-bond acceptors (Lipinski definition) is 8. The van der Waals surface area contributed by atoms with Gasteiger partial charge in [-0.3, -0.25) is 9.59 Å². The number of aryl methyl sites for hydroxylation is 1. The van der Waals surface area contributed by atoms with Crippen LogP contribution < -0.4 is 10.1 Å². The van der Waals surface area contributed by atoms with Crippen molar-refractivity contribution in [3.05, 3.63) is 96.1 Å². The molecule has 0 saturated carbocycles. The van der Waals surface area contributed by atoms with Crippen LogP contribution in [0.25, 0.3) is 10.8 Å². The number of fused-ring (bicyclic) bond motifs is 1. The fourth-order valence-electron chi connectivity index (χ4n) is 3.78. The molecule has 10 heteroatoms. The second-order valence-corrected chi connectivity index (χ2v) is 11.7. The molecule has 0 saturated heterocycles. The Morgan fingerprint density at radius 3 is 2.30 bits per heavy atom. The summed E-state index contributed by atoms with van der Waals surface area (Å²) in [6.07, 6.45) is 0. The minimum Gasteiger partial charge on any atom is -0.491 e. The maximum atomic E-state index is 13.5. The topological polar surface area (TPSA) is 123 Å². The Kier molecular flexibility index (Phi) is 7.63. The molecule has 0 fully saturated rings. The fraction of sp³-hybridized carbons (Fsp3) is 0.148. The lowest BCUT2D eigenvalue weighted by Crippen LogP contribution is -2.18. The quantitative estimate of drug-likeness (QED) is 0.136. The normalized spacial score (nSPS) is 11.8. The van der Waals surface area contributed by atoms with E-state index in [1.807, 2.05) is 25.1 Å². The highest BCUT2D eigenvalue weighted by Gasteiger charge is 2.27. The Morgan fingerprint density at radius 1 is 0.865 bits per heavy atom. The highest BCUT2D eigenvalue weighted by molar-refractivity contribution is 8.07. The van der Waals surface area contributed by atoms with Crippen LogP contribution in [0.5, 0.6) is 5.75 Å². The zero-order chi connectivity index (χ0) is 26.6. The smallest absolute Gasteiger partial charge is 0.297 e. The minimum absolute atomic E-state index is 0.0405. The first-order valence-corrected chi connectivity index (χ1v) is 14.2. The summed E-state index contributed by atoms with van der Waals surface area (Å²) in [6.45, 7) is 1.50. The zero-order valence-electron chi connectivity index (χ0n) is 20.3. The molecule has 0 radical (unpaired) electrons. The van der Waals surface area contributed by atoms with Crippen molar-refractivity contribution < 1.29 is 25.8 Å². The van der Waals surface area contributed by atoms with Gasteiger partial charge in [0.1, 0.15) is 19.0 Å². The van der Waals surface area contributed by atoms with E-state index >= 15 is 0 Å². The number of anilines is 1. The number of sulfone groups is 1. The first kappa shape index (κ1) is 26.3. The summed E-state index contributed by atoms with van der Waals surface area (Å²) in [6, 6.07) is 23.0. The largest absolute Gasteiger partial charge is 0.491 e. The number of nitrogens with one attached hydrogen (secondary N) is 2. The van der Waals surface area contributed by atoms with Crippen molar-refractivity contribution in [3.8, 4) is 5.75 Å². The highest BCUT2D eigenvalue weighted by Crippen LogP contribution is 2.30. The molecule has 4 aromatic rings. The summed E-state index contributed by atoms with van der Waals surface area (Å²) in [5.41, 5.74) is 1.48. The molecule has 0 unspecified atom stereocenters. The predicted molar refractivity (Wildman–Crippen MR) is 144 cm³/mol. The van der Waals surface area contributed by atoms with Gasteiger partial charge >= 0.3 is 0 Å². The van der Waals surface area contributed by atoms with Crippen LogP contribution in [0.1, 0.15) is 11.1 Å². The van der Waals surface area contributed by atoms with Crippen molar-refractivity contribution in [2.24, 2.45) is 0 Å². The van der Waals surface area contributed by atoms with Gasteiger partial charge in [-0.1, -0.05) is 54.1 Å². The molecule has 8 nitrogen and oxygen atoms in total. The van der Waals surface area contributed by atoms with Gasteiger partial charge < -0.3 is 10.1 Å². The molecule has 0 aliphatic heterocycles. The van der Waals surface area contributed by atoms with Gasteiger partial charge in [0.15, 0.2) is 5.04 Å². The molecule has 0 atom stereocenters. The zero-order valence-corrected chi connectivity index (χ0v) is 21.9. The molecule has 37 heavy (non-hydrogen) atoms. The number of ether oxygens (including phenoxy) is 1. The molecule has 0 heterocycles. The molecular weight excluding hydrogens is 512 g/mol. The van der Waals surface area contributed by atoms with Crippen LogP contribution in [-0.4, -0.2) is 42.1 Å². The Labute approximate surface area is 216 Å². The minimum atomic E-state index is -4.16. The van der Waals surface area contributed by atoms with Crippen LogP contribution >= 0.6 is 0 Å². The molecule has 4 rings (SSSR count). The molecule has 0 aromatic heterocycles. The summed E-state index contributed by atoms with van der Waals surface area (Å²) < 4.78 is 62.3. The Balaban J connectivity index is 1.52. The van der Waals surface area contributed by atoms with Crippen molar-refractivity contribution in [1.29, 1.82) is 5.41 Å². The lowest BCUT2D eigenvalue weighted by atomic mass is 10.1. The summed E-state index contributed by atoms with van der Waals surface area (Å²) in [4.78, 5) is 0.0875. The number of rotatable bonds is 9. The molecule has 192 valence electrons. The van der Waals surface area contributed by atoms with Gasteiger partial charge in [-0.25, -0.2) is 8.42 Å². The van der Waals surface area contributed by atoms with E-state index in [2.05, 4.69) is 5.32 Å². The van der Waals surface area contributed by atoms with E-state index in [1.165, 1.54) is 24.3 Å². The van der Waals surface area contributed by atoms with Crippen molar-refractivity contribution in [2.75, 3.05) is 25.6 Å². The van der Waals surface area contributed by atoms with Crippen molar-refractivity contribution in [1.82, 2.24) is 0 Å².